The van der Waals surface area contributed by atoms with E-state index in [1.165, 1.54) is 5.56 Å². The Morgan fingerprint density at radius 1 is 1.03 bits per heavy atom. The van der Waals surface area contributed by atoms with Crippen molar-refractivity contribution in [3.63, 3.8) is 0 Å². The van der Waals surface area contributed by atoms with E-state index in [1.807, 2.05) is 18.2 Å². The van der Waals surface area contributed by atoms with Gasteiger partial charge in [0.25, 0.3) is 0 Å². The summed E-state index contributed by atoms with van der Waals surface area (Å²) in [5, 5.41) is 9.81. The number of benzene rings is 2. The van der Waals surface area contributed by atoms with Crippen molar-refractivity contribution in [1.82, 2.24) is 4.31 Å². The van der Waals surface area contributed by atoms with Crippen molar-refractivity contribution in [3.8, 4) is 0 Å². The average molecular weight is 464 g/mol. The molecule has 0 aromatic heterocycles. The molecule has 1 N–H and O–H groups in total. The zero-order valence-corrected chi connectivity index (χ0v) is 19.9. The van der Waals surface area contributed by atoms with Crippen molar-refractivity contribution >= 4 is 21.6 Å². The summed E-state index contributed by atoms with van der Waals surface area (Å²) < 4.78 is 29.3. The van der Waals surface area contributed by atoms with E-state index in [1.54, 1.807) is 28.6 Å². The third-order valence-electron chi connectivity index (χ3n) is 6.46. The number of hydrogen-bond acceptors (Lipinski definition) is 3. The summed E-state index contributed by atoms with van der Waals surface area (Å²) in [5.74, 6) is 0.565. The van der Waals surface area contributed by atoms with E-state index in [-0.39, 0.29) is 18.6 Å². The van der Waals surface area contributed by atoms with E-state index in [0.29, 0.717) is 28.8 Å². The SMILES string of the molecule is C[C@@H](CCO)CCN(C1CCCCC1Cc1ccccc1)S(=O)(=O)c1ccc(Cl)cc1. The van der Waals surface area contributed by atoms with Crippen LogP contribution in [-0.4, -0.2) is 37.0 Å². The van der Waals surface area contributed by atoms with Crippen molar-refractivity contribution in [1.29, 1.82) is 0 Å². The Labute approximate surface area is 192 Å². The molecular formula is C25H34ClNO3S. The highest BCUT2D eigenvalue weighted by atomic mass is 35.5. The van der Waals surface area contributed by atoms with Gasteiger partial charge in [-0.2, -0.15) is 4.31 Å². The summed E-state index contributed by atoms with van der Waals surface area (Å²) in [5.41, 5.74) is 1.26. The van der Waals surface area contributed by atoms with Gasteiger partial charge in [0.15, 0.2) is 0 Å². The molecule has 0 aliphatic heterocycles. The topological polar surface area (TPSA) is 57.6 Å². The lowest BCUT2D eigenvalue weighted by Gasteiger charge is -2.40. The highest BCUT2D eigenvalue weighted by Gasteiger charge is 2.37. The number of halogens is 1. The van der Waals surface area contributed by atoms with Gasteiger partial charge in [-0.3, -0.25) is 0 Å². The molecule has 2 aromatic carbocycles. The number of rotatable bonds is 10. The molecule has 0 saturated heterocycles. The Balaban J connectivity index is 1.90. The molecule has 2 unspecified atom stereocenters. The first-order chi connectivity index (χ1) is 14.9. The van der Waals surface area contributed by atoms with Crippen LogP contribution < -0.4 is 0 Å². The Morgan fingerprint density at radius 2 is 1.71 bits per heavy atom. The molecule has 2 aromatic rings. The molecule has 0 bridgehead atoms. The van der Waals surface area contributed by atoms with Crippen LogP contribution in [0.5, 0.6) is 0 Å². The average Bonchev–Trinajstić information content (AvgIpc) is 2.76. The maximum atomic E-state index is 13.7. The van der Waals surface area contributed by atoms with Crippen LogP contribution in [0.4, 0.5) is 0 Å². The van der Waals surface area contributed by atoms with Crippen LogP contribution >= 0.6 is 11.6 Å². The molecule has 0 amide bonds. The van der Waals surface area contributed by atoms with E-state index >= 15 is 0 Å². The van der Waals surface area contributed by atoms with Crippen molar-refractivity contribution < 1.29 is 13.5 Å². The van der Waals surface area contributed by atoms with Crippen LogP contribution in [0.1, 0.15) is 51.0 Å². The summed E-state index contributed by atoms with van der Waals surface area (Å²) in [6, 6.07) is 16.9. The summed E-state index contributed by atoms with van der Waals surface area (Å²) in [4.78, 5) is 0.302. The number of nitrogens with zero attached hydrogens (tertiary/aromatic N) is 1. The summed E-state index contributed by atoms with van der Waals surface area (Å²) >= 11 is 6.01. The van der Waals surface area contributed by atoms with Gasteiger partial charge in [-0.25, -0.2) is 8.42 Å². The lowest BCUT2D eigenvalue weighted by Crippen LogP contribution is -2.47. The lowest BCUT2D eigenvalue weighted by molar-refractivity contribution is 0.167. The van der Waals surface area contributed by atoms with E-state index in [4.69, 9.17) is 11.6 Å². The molecule has 0 heterocycles. The monoisotopic (exact) mass is 463 g/mol. The smallest absolute Gasteiger partial charge is 0.243 e. The van der Waals surface area contributed by atoms with Crippen LogP contribution in [0.3, 0.4) is 0 Å². The van der Waals surface area contributed by atoms with Gasteiger partial charge in [-0.1, -0.05) is 61.7 Å². The summed E-state index contributed by atoms with van der Waals surface area (Å²) in [6.07, 6.45) is 6.44. The number of aliphatic hydroxyl groups excluding tert-OH is 1. The minimum Gasteiger partial charge on any atom is -0.396 e. The quantitative estimate of drug-likeness (QED) is 0.503. The van der Waals surface area contributed by atoms with Gasteiger partial charge in [0, 0.05) is 24.2 Å². The van der Waals surface area contributed by atoms with E-state index in [2.05, 4.69) is 19.1 Å². The minimum atomic E-state index is -3.64. The van der Waals surface area contributed by atoms with Crippen LogP contribution in [0, 0.1) is 11.8 Å². The van der Waals surface area contributed by atoms with Crippen molar-refractivity contribution in [2.24, 2.45) is 11.8 Å². The van der Waals surface area contributed by atoms with E-state index in [9.17, 15) is 13.5 Å². The van der Waals surface area contributed by atoms with Gasteiger partial charge in [0.05, 0.1) is 4.90 Å². The molecule has 1 aliphatic carbocycles. The van der Waals surface area contributed by atoms with Crippen LogP contribution in [0.2, 0.25) is 5.02 Å². The molecule has 0 spiro atoms. The second-order valence-corrected chi connectivity index (χ2v) is 11.1. The third-order valence-corrected chi connectivity index (χ3v) is 8.65. The van der Waals surface area contributed by atoms with E-state index in [0.717, 1.165) is 38.5 Å². The standard InChI is InChI=1S/C25H34ClNO3S/c1-20(16-18-28)15-17-27(31(29,30)24-13-11-23(26)12-14-24)25-10-6-5-9-22(25)19-21-7-3-2-4-8-21/h2-4,7-8,11-14,20,22,25,28H,5-6,9-10,15-19H2,1H3/t20-,22?,25?/m1/s1. The van der Waals surface area contributed by atoms with E-state index < -0.39 is 10.0 Å². The normalized spacial score (nSPS) is 20.6. The Morgan fingerprint density at radius 3 is 2.39 bits per heavy atom. The number of hydrogen-bond donors (Lipinski definition) is 1. The predicted octanol–water partition coefficient (Wildman–Crippen LogP) is 5.54. The highest BCUT2D eigenvalue weighted by Crippen LogP contribution is 2.35. The molecule has 0 radical (unpaired) electrons. The number of sulfonamides is 1. The first kappa shape index (κ1) is 24.2. The highest BCUT2D eigenvalue weighted by molar-refractivity contribution is 7.89. The second-order valence-electron chi connectivity index (χ2n) is 8.78. The summed E-state index contributed by atoms with van der Waals surface area (Å²) in [7, 11) is -3.64. The fraction of sp³-hybridized carbons (Fsp3) is 0.520. The van der Waals surface area contributed by atoms with Gasteiger partial charge in [0.2, 0.25) is 10.0 Å². The molecule has 170 valence electrons. The Hall–Kier alpha value is -1.40. The van der Waals surface area contributed by atoms with Crippen LogP contribution in [0.25, 0.3) is 0 Å². The third kappa shape index (κ3) is 6.55. The summed E-state index contributed by atoms with van der Waals surface area (Å²) in [6.45, 7) is 2.68. The first-order valence-electron chi connectivity index (χ1n) is 11.3. The maximum Gasteiger partial charge on any atom is 0.243 e. The van der Waals surface area contributed by atoms with Crippen LogP contribution in [-0.2, 0) is 16.4 Å². The molecule has 3 atom stereocenters. The molecular weight excluding hydrogens is 430 g/mol. The Kier molecular flexibility index (Phi) is 8.96. The molecule has 1 saturated carbocycles. The first-order valence-corrected chi connectivity index (χ1v) is 13.2. The minimum absolute atomic E-state index is 0.0176. The van der Waals surface area contributed by atoms with Crippen LogP contribution in [0.15, 0.2) is 59.5 Å². The molecule has 4 nitrogen and oxygen atoms in total. The van der Waals surface area contributed by atoms with Gasteiger partial charge in [-0.05, 0) is 73.8 Å². The number of aliphatic hydroxyl groups is 1. The molecule has 6 heteroatoms. The van der Waals surface area contributed by atoms with Gasteiger partial charge >= 0.3 is 0 Å². The van der Waals surface area contributed by atoms with Gasteiger partial charge < -0.3 is 5.11 Å². The van der Waals surface area contributed by atoms with Crippen molar-refractivity contribution in [2.45, 2.75) is 62.8 Å². The van der Waals surface area contributed by atoms with Gasteiger partial charge in [0.1, 0.15) is 0 Å². The fourth-order valence-corrected chi connectivity index (χ4v) is 6.50. The predicted molar refractivity (Wildman–Crippen MR) is 127 cm³/mol. The Bertz CT molecular complexity index is 902. The molecule has 3 rings (SSSR count). The van der Waals surface area contributed by atoms with Crippen molar-refractivity contribution in [2.75, 3.05) is 13.2 Å². The zero-order chi connectivity index (χ0) is 22.3. The second kappa shape index (κ2) is 11.5. The van der Waals surface area contributed by atoms with Gasteiger partial charge in [-0.15, -0.1) is 0 Å². The molecule has 1 aliphatic rings. The zero-order valence-electron chi connectivity index (χ0n) is 18.3. The lowest BCUT2D eigenvalue weighted by atomic mass is 9.80. The molecule has 31 heavy (non-hydrogen) atoms. The largest absolute Gasteiger partial charge is 0.396 e. The van der Waals surface area contributed by atoms with Crippen molar-refractivity contribution in [3.05, 3.63) is 65.2 Å². The molecule has 1 fully saturated rings. The fourth-order valence-electron chi connectivity index (χ4n) is 4.64. The maximum absolute atomic E-state index is 13.7.